The fourth-order valence-corrected chi connectivity index (χ4v) is 3.76. The van der Waals surface area contributed by atoms with Gasteiger partial charge in [0.05, 0.1) is 36.1 Å². The number of carbonyl (C=O) groups excluding carboxylic acids is 1. The third-order valence-corrected chi connectivity index (χ3v) is 5.23. The van der Waals surface area contributed by atoms with E-state index < -0.39 is 0 Å². The summed E-state index contributed by atoms with van der Waals surface area (Å²) in [7, 11) is 1.39. The highest BCUT2D eigenvalue weighted by molar-refractivity contribution is 6.09. The molecule has 1 fully saturated rings. The molecule has 0 atom stereocenters. The largest absolute Gasteiger partial charge is 0.465 e. The van der Waals surface area contributed by atoms with Crippen molar-refractivity contribution in [3.05, 3.63) is 59.7 Å². The van der Waals surface area contributed by atoms with E-state index in [1.807, 2.05) is 30.3 Å². The molecule has 0 radical (unpaired) electrons. The van der Waals surface area contributed by atoms with Gasteiger partial charge in [0.1, 0.15) is 5.84 Å². The van der Waals surface area contributed by atoms with Crippen LogP contribution in [-0.4, -0.2) is 37.5 Å². The summed E-state index contributed by atoms with van der Waals surface area (Å²) in [5.74, 6) is 0.636. The zero-order valence-electron chi connectivity index (χ0n) is 15.4. The van der Waals surface area contributed by atoms with E-state index in [1.54, 1.807) is 6.07 Å². The van der Waals surface area contributed by atoms with E-state index in [2.05, 4.69) is 28.1 Å². The Hall–Kier alpha value is -2.86. The Balaban J connectivity index is 1.63. The average molecular weight is 364 g/mol. The van der Waals surface area contributed by atoms with Crippen LogP contribution in [-0.2, 0) is 11.3 Å². The third kappa shape index (κ3) is 3.53. The Morgan fingerprint density at radius 2 is 1.89 bits per heavy atom. The molecule has 6 heteroatoms. The highest BCUT2D eigenvalue weighted by atomic mass is 16.5. The number of esters is 1. The van der Waals surface area contributed by atoms with Crippen molar-refractivity contribution in [2.24, 2.45) is 4.99 Å². The van der Waals surface area contributed by atoms with Gasteiger partial charge in [0.15, 0.2) is 0 Å². The molecule has 0 aliphatic carbocycles. The molecule has 4 rings (SSSR count). The van der Waals surface area contributed by atoms with Crippen molar-refractivity contribution in [2.75, 3.05) is 30.8 Å². The number of hydrogen-bond acceptors (Lipinski definition) is 5. The molecule has 140 valence electrons. The summed E-state index contributed by atoms with van der Waals surface area (Å²) in [6, 6.07) is 15.7. The molecular formula is C21H24N4O2. The molecule has 0 bridgehead atoms. The molecular weight excluding hydrogens is 340 g/mol. The quantitative estimate of drug-likeness (QED) is 0.730. The van der Waals surface area contributed by atoms with Crippen molar-refractivity contribution in [1.82, 2.24) is 5.32 Å². The number of carbonyl (C=O) groups is 1. The Kier molecular flexibility index (Phi) is 4.81. The SMILES string of the molecule is COC(=O)c1cccc(CN=C2Nc3ccccc3NC23CCNCC3)c1. The maximum atomic E-state index is 11.8. The Morgan fingerprint density at radius 3 is 2.67 bits per heavy atom. The first-order valence-electron chi connectivity index (χ1n) is 9.27. The molecule has 2 aliphatic heterocycles. The molecule has 2 aromatic rings. The number of aliphatic imine (C=N–C) groups is 1. The van der Waals surface area contributed by atoms with E-state index in [9.17, 15) is 4.79 Å². The van der Waals surface area contributed by atoms with Crippen LogP contribution in [0.2, 0.25) is 0 Å². The highest BCUT2D eigenvalue weighted by Gasteiger charge is 2.40. The second-order valence-electron chi connectivity index (χ2n) is 6.98. The van der Waals surface area contributed by atoms with Crippen molar-refractivity contribution in [2.45, 2.75) is 24.9 Å². The summed E-state index contributed by atoms with van der Waals surface area (Å²) in [6.07, 6.45) is 1.94. The first kappa shape index (κ1) is 17.5. The topological polar surface area (TPSA) is 74.8 Å². The van der Waals surface area contributed by atoms with Crippen LogP contribution in [0, 0.1) is 0 Å². The second-order valence-corrected chi connectivity index (χ2v) is 6.98. The minimum atomic E-state index is -0.328. The number of nitrogens with one attached hydrogen (secondary N) is 3. The van der Waals surface area contributed by atoms with Gasteiger partial charge in [-0.25, -0.2) is 4.79 Å². The third-order valence-electron chi connectivity index (χ3n) is 5.23. The minimum absolute atomic E-state index is 0.181. The number of anilines is 2. The molecule has 3 N–H and O–H groups in total. The van der Waals surface area contributed by atoms with E-state index in [0.717, 1.165) is 48.7 Å². The average Bonchev–Trinajstić information content (AvgIpc) is 2.72. The first-order valence-corrected chi connectivity index (χ1v) is 9.27. The molecule has 0 unspecified atom stereocenters. The number of methoxy groups -OCH3 is 1. The molecule has 27 heavy (non-hydrogen) atoms. The Labute approximate surface area is 159 Å². The zero-order valence-corrected chi connectivity index (χ0v) is 15.4. The lowest BCUT2D eigenvalue weighted by Crippen LogP contribution is -2.57. The van der Waals surface area contributed by atoms with Crippen molar-refractivity contribution in [3.8, 4) is 0 Å². The fraction of sp³-hybridized carbons (Fsp3) is 0.333. The molecule has 0 saturated carbocycles. The van der Waals surface area contributed by atoms with Gasteiger partial charge >= 0.3 is 5.97 Å². The monoisotopic (exact) mass is 364 g/mol. The lowest BCUT2D eigenvalue weighted by molar-refractivity contribution is 0.0600. The van der Waals surface area contributed by atoms with E-state index in [1.165, 1.54) is 7.11 Å². The lowest BCUT2D eigenvalue weighted by atomic mass is 9.84. The van der Waals surface area contributed by atoms with E-state index >= 15 is 0 Å². The minimum Gasteiger partial charge on any atom is -0.465 e. The van der Waals surface area contributed by atoms with Gasteiger partial charge in [-0.2, -0.15) is 0 Å². The summed E-state index contributed by atoms with van der Waals surface area (Å²) in [4.78, 5) is 16.7. The summed E-state index contributed by atoms with van der Waals surface area (Å²) in [5.41, 5.74) is 3.51. The smallest absolute Gasteiger partial charge is 0.337 e. The fourth-order valence-electron chi connectivity index (χ4n) is 3.76. The molecule has 2 aliphatic rings. The van der Waals surface area contributed by atoms with E-state index in [4.69, 9.17) is 9.73 Å². The normalized spacial score (nSPS) is 19.1. The Morgan fingerprint density at radius 1 is 1.11 bits per heavy atom. The summed E-state index contributed by atoms with van der Waals surface area (Å²) in [5, 5.41) is 10.7. The number of piperidine rings is 1. The van der Waals surface area contributed by atoms with Gasteiger partial charge in [0.25, 0.3) is 0 Å². The molecule has 2 heterocycles. The molecule has 1 spiro atoms. The summed E-state index contributed by atoms with van der Waals surface area (Å²) < 4.78 is 4.81. The second kappa shape index (κ2) is 7.40. The molecule has 6 nitrogen and oxygen atoms in total. The Bertz CT molecular complexity index is 872. The number of hydrogen-bond donors (Lipinski definition) is 3. The zero-order chi connectivity index (χ0) is 18.7. The predicted molar refractivity (Wildman–Crippen MR) is 107 cm³/mol. The van der Waals surface area contributed by atoms with Crippen LogP contribution in [0.5, 0.6) is 0 Å². The number of benzene rings is 2. The van der Waals surface area contributed by atoms with Crippen LogP contribution in [0.4, 0.5) is 11.4 Å². The number of para-hydroxylation sites is 2. The van der Waals surface area contributed by atoms with Crippen LogP contribution in [0.25, 0.3) is 0 Å². The van der Waals surface area contributed by atoms with Crippen LogP contribution in [0.15, 0.2) is 53.5 Å². The number of ether oxygens (including phenoxy) is 1. The number of fused-ring (bicyclic) bond motifs is 1. The van der Waals surface area contributed by atoms with E-state index in [0.29, 0.717) is 12.1 Å². The highest BCUT2D eigenvalue weighted by Crippen LogP contribution is 2.35. The van der Waals surface area contributed by atoms with Gasteiger partial charge in [-0.15, -0.1) is 0 Å². The summed E-state index contributed by atoms with van der Waals surface area (Å²) >= 11 is 0. The van der Waals surface area contributed by atoms with Crippen molar-refractivity contribution < 1.29 is 9.53 Å². The standard InChI is InChI=1S/C21H24N4O2/c1-27-19(26)16-6-4-5-15(13-16)14-23-20-21(9-11-22-12-10-21)25-18-8-3-2-7-17(18)24-20/h2-8,13,22,25H,9-12,14H2,1H3,(H,23,24). The van der Waals surface area contributed by atoms with Crippen molar-refractivity contribution in [3.63, 3.8) is 0 Å². The predicted octanol–water partition coefficient (Wildman–Crippen LogP) is 3.03. The maximum Gasteiger partial charge on any atom is 0.337 e. The van der Waals surface area contributed by atoms with Crippen molar-refractivity contribution >= 4 is 23.2 Å². The van der Waals surface area contributed by atoms with Gasteiger partial charge in [0.2, 0.25) is 0 Å². The maximum absolute atomic E-state index is 11.8. The number of rotatable bonds is 3. The van der Waals surface area contributed by atoms with Crippen LogP contribution in [0.3, 0.4) is 0 Å². The number of amidine groups is 1. The van der Waals surface area contributed by atoms with Gasteiger partial charge in [-0.3, -0.25) is 4.99 Å². The molecule has 0 aromatic heterocycles. The van der Waals surface area contributed by atoms with Crippen molar-refractivity contribution in [1.29, 1.82) is 0 Å². The van der Waals surface area contributed by atoms with Gasteiger partial charge in [0, 0.05) is 0 Å². The van der Waals surface area contributed by atoms with Gasteiger partial charge in [-0.1, -0.05) is 24.3 Å². The number of nitrogens with zero attached hydrogens (tertiary/aromatic N) is 1. The van der Waals surface area contributed by atoms with E-state index in [-0.39, 0.29) is 11.5 Å². The first-order chi connectivity index (χ1) is 13.2. The molecule has 2 aromatic carbocycles. The van der Waals surface area contributed by atoms with Crippen LogP contribution in [0.1, 0.15) is 28.8 Å². The van der Waals surface area contributed by atoms with Gasteiger partial charge in [-0.05, 0) is 55.8 Å². The van der Waals surface area contributed by atoms with Crippen LogP contribution >= 0.6 is 0 Å². The molecule has 1 saturated heterocycles. The summed E-state index contributed by atoms with van der Waals surface area (Å²) in [6.45, 7) is 2.41. The lowest BCUT2D eigenvalue weighted by Gasteiger charge is -2.44. The molecule has 0 amide bonds. The van der Waals surface area contributed by atoms with Crippen LogP contribution < -0.4 is 16.0 Å². The van der Waals surface area contributed by atoms with Gasteiger partial charge < -0.3 is 20.7 Å².